The summed E-state index contributed by atoms with van der Waals surface area (Å²) in [5.41, 5.74) is 8.64. The van der Waals surface area contributed by atoms with Gasteiger partial charge in [0, 0.05) is 25.3 Å². The highest BCUT2D eigenvalue weighted by atomic mass is 15.1. The van der Waals surface area contributed by atoms with Crippen molar-refractivity contribution in [2.75, 3.05) is 18.5 Å². The van der Waals surface area contributed by atoms with E-state index in [0.717, 1.165) is 13.0 Å². The SMILES string of the molecule is CN(CCC(N)c1ccccc1)c1ccccc1. The molecule has 1 unspecified atom stereocenters. The van der Waals surface area contributed by atoms with E-state index >= 15 is 0 Å². The van der Waals surface area contributed by atoms with Crippen molar-refractivity contribution in [3.8, 4) is 0 Å². The fourth-order valence-corrected chi connectivity index (χ4v) is 2.01. The molecular formula is C16H20N2. The monoisotopic (exact) mass is 240 g/mol. The summed E-state index contributed by atoms with van der Waals surface area (Å²) in [4.78, 5) is 2.24. The molecule has 0 aromatic heterocycles. The van der Waals surface area contributed by atoms with Crippen LogP contribution in [0, 0.1) is 0 Å². The van der Waals surface area contributed by atoms with Gasteiger partial charge in [0.2, 0.25) is 0 Å². The second-order valence-corrected chi connectivity index (χ2v) is 4.56. The number of anilines is 1. The Labute approximate surface area is 109 Å². The zero-order valence-electron chi connectivity index (χ0n) is 10.8. The largest absolute Gasteiger partial charge is 0.375 e. The lowest BCUT2D eigenvalue weighted by atomic mass is 10.0. The minimum Gasteiger partial charge on any atom is -0.375 e. The second-order valence-electron chi connectivity index (χ2n) is 4.56. The van der Waals surface area contributed by atoms with Crippen LogP contribution in [0.1, 0.15) is 18.0 Å². The zero-order valence-corrected chi connectivity index (χ0v) is 10.8. The van der Waals surface area contributed by atoms with Gasteiger partial charge in [-0.15, -0.1) is 0 Å². The van der Waals surface area contributed by atoms with Crippen molar-refractivity contribution in [2.24, 2.45) is 5.73 Å². The molecule has 0 aliphatic carbocycles. The summed E-state index contributed by atoms with van der Waals surface area (Å²) in [6.07, 6.45) is 0.954. The normalized spacial score (nSPS) is 12.1. The van der Waals surface area contributed by atoms with Gasteiger partial charge in [0.1, 0.15) is 0 Å². The van der Waals surface area contributed by atoms with Crippen molar-refractivity contribution in [1.82, 2.24) is 0 Å². The number of hydrogen-bond acceptors (Lipinski definition) is 2. The first-order chi connectivity index (χ1) is 8.77. The van der Waals surface area contributed by atoms with Crippen LogP contribution in [-0.4, -0.2) is 13.6 Å². The van der Waals surface area contributed by atoms with Gasteiger partial charge in [-0.25, -0.2) is 0 Å². The molecule has 1 atom stereocenters. The molecule has 2 heteroatoms. The van der Waals surface area contributed by atoms with Crippen molar-refractivity contribution >= 4 is 5.69 Å². The number of para-hydroxylation sites is 1. The summed E-state index contributed by atoms with van der Waals surface area (Å²) >= 11 is 0. The van der Waals surface area contributed by atoms with Crippen LogP contribution >= 0.6 is 0 Å². The van der Waals surface area contributed by atoms with Crippen LogP contribution in [0.3, 0.4) is 0 Å². The van der Waals surface area contributed by atoms with E-state index in [1.165, 1.54) is 11.3 Å². The van der Waals surface area contributed by atoms with E-state index in [-0.39, 0.29) is 6.04 Å². The average molecular weight is 240 g/mol. The molecular weight excluding hydrogens is 220 g/mol. The molecule has 0 amide bonds. The molecule has 0 saturated carbocycles. The Bertz CT molecular complexity index is 408. The highest BCUT2D eigenvalue weighted by Crippen LogP contribution is 2.16. The lowest BCUT2D eigenvalue weighted by Gasteiger charge is -2.21. The molecule has 2 N–H and O–H groups in total. The molecule has 2 aromatic carbocycles. The summed E-state index contributed by atoms with van der Waals surface area (Å²) in [5.74, 6) is 0. The Morgan fingerprint density at radius 2 is 1.50 bits per heavy atom. The Hall–Kier alpha value is -1.80. The summed E-state index contributed by atoms with van der Waals surface area (Å²) < 4.78 is 0. The smallest absolute Gasteiger partial charge is 0.0363 e. The van der Waals surface area contributed by atoms with Gasteiger partial charge in [-0.1, -0.05) is 48.5 Å². The first-order valence-electron chi connectivity index (χ1n) is 6.34. The molecule has 2 aromatic rings. The molecule has 0 spiro atoms. The minimum absolute atomic E-state index is 0.109. The Morgan fingerprint density at radius 1 is 0.944 bits per heavy atom. The van der Waals surface area contributed by atoms with E-state index in [9.17, 15) is 0 Å². The fourth-order valence-electron chi connectivity index (χ4n) is 2.01. The molecule has 0 aliphatic rings. The summed E-state index contributed by atoms with van der Waals surface area (Å²) in [5, 5.41) is 0. The maximum absolute atomic E-state index is 6.19. The fraction of sp³-hybridized carbons (Fsp3) is 0.250. The first kappa shape index (κ1) is 12.7. The van der Waals surface area contributed by atoms with Gasteiger partial charge in [-0.2, -0.15) is 0 Å². The van der Waals surface area contributed by atoms with Gasteiger partial charge >= 0.3 is 0 Å². The van der Waals surface area contributed by atoms with E-state index in [4.69, 9.17) is 5.73 Å². The predicted octanol–water partition coefficient (Wildman–Crippen LogP) is 3.21. The van der Waals surface area contributed by atoms with Gasteiger partial charge in [-0.3, -0.25) is 0 Å². The van der Waals surface area contributed by atoms with Gasteiger partial charge in [0.25, 0.3) is 0 Å². The highest BCUT2D eigenvalue weighted by molar-refractivity contribution is 5.44. The molecule has 0 bridgehead atoms. The lowest BCUT2D eigenvalue weighted by Crippen LogP contribution is -2.23. The van der Waals surface area contributed by atoms with Crippen molar-refractivity contribution in [1.29, 1.82) is 0 Å². The molecule has 2 rings (SSSR count). The second kappa shape index (κ2) is 6.22. The first-order valence-corrected chi connectivity index (χ1v) is 6.34. The van der Waals surface area contributed by atoms with Crippen LogP contribution in [0.15, 0.2) is 60.7 Å². The van der Waals surface area contributed by atoms with Crippen LogP contribution in [0.5, 0.6) is 0 Å². The van der Waals surface area contributed by atoms with E-state index in [1.807, 2.05) is 24.3 Å². The van der Waals surface area contributed by atoms with E-state index in [2.05, 4.69) is 48.3 Å². The molecule has 94 valence electrons. The number of rotatable bonds is 5. The molecule has 0 heterocycles. The maximum atomic E-state index is 6.19. The van der Waals surface area contributed by atoms with Gasteiger partial charge in [0.15, 0.2) is 0 Å². The Balaban J connectivity index is 1.89. The minimum atomic E-state index is 0.109. The number of hydrogen-bond donors (Lipinski definition) is 1. The molecule has 18 heavy (non-hydrogen) atoms. The molecule has 2 nitrogen and oxygen atoms in total. The van der Waals surface area contributed by atoms with E-state index in [1.54, 1.807) is 0 Å². The zero-order chi connectivity index (χ0) is 12.8. The predicted molar refractivity (Wildman–Crippen MR) is 77.7 cm³/mol. The van der Waals surface area contributed by atoms with Gasteiger partial charge in [0.05, 0.1) is 0 Å². The van der Waals surface area contributed by atoms with Crippen LogP contribution < -0.4 is 10.6 Å². The van der Waals surface area contributed by atoms with E-state index in [0.29, 0.717) is 0 Å². The molecule has 0 fully saturated rings. The third-order valence-electron chi connectivity index (χ3n) is 3.20. The Morgan fingerprint density at radius 3 is 2.11 bits per heavy atom. The summed E-state index contributed by atoms with van der Waals surface area (Å²) in [7, 11) is 2.10. The standard InChI is InChI=1S/C16H20N2/c1-18(15-10-6-3-7-11-15)13-12-16(17)14-8-4-2-5-9-14/h2-11,16H,12-13,17H2,1H3. The summed E-state index contributed by atoms with van der Waals surface area (Å²) in [6, 6.07) is 20.8. The Kier molecular flexibility index (Phi) is 4.37. The molecule has 0 aliphatic heterocycles. The van der Waals surface area contributed by atoms with Crippen LogP contribution in [-0.2, 0) is 0 Å². The van der Waals surface area contributed by atoms with Crippen molar-refractivity contribution in [3.63, 3.8) is 0 Å². The maximum Gasteiger partial charge on any atom is 0.0363 e. The number of nitrogens with two attached hydrogens (primary N) is 1. The van der Waals surface area contributed by atoms with Crippen molar-refractivity contribution < 1.29 is 0 Å². The summed E-state index contributed by atoms with van der Waals surface area (Å²) in [6.45, 7) is 0.958. The van der Waals surface area contributed by atoms with Crippen molar-refractivity contribution in [2.45, 2.75) is 12.5 Å². The van der Waals surface area contributed by atoms with Gasteiger partial charge in [-0.05, 0) is 24.1 Å². The highest BCUT2D eigenvalue weighted by Gasteiger charge is 2.07. The van der Waals surface area contributed by atoms with E-state index < -0.39 is 0 Å². The number of benzene rings is 2. The topological polar surface area (TPSA) is 29.3 Å². The lowest BCUT2D eigenvalue weighted by molar-refractivity contribution is 0.645. The van der Waals surface area contributed by atoms with Crippen molar-refractivity contribution in [3.05, 3.63) is 66.2 Å². The van der Waals surface area contributed by atoms with Crippen LogP contribution in [0.2, 0.25) is 0 Å². The molecule has 0 radical (unpaired) electrons. The van der Waals surface area contributed by atoms with Crippen LogP contribution in [0.4, 0.5) is 5.69 Å². The average Bonchev–Trinajstić information content (AvgIpc) is 2.46. The third kappa shape index (κ3) is 3.34. The van der Waals surface area contributed by atoms with Crippen LogP contribution in [0.25, 0.3) is 0 Å². The van der Waals surface area contributed by atoms with Gasteiger partial charge < -0.3 is 10.6 Å². The third-order valence-corrected chi connectivity index (χ3v) is 3.20. The molecule has 0 saturated heterocycles. The number of nitrogens with zero attached hydrogens (tertiary/aromatic N) is 1. The quantitative estimate of drug-likeness (QED) is 0.869.